The molecular formula is C11H17N3O3. The van der Waals surface area contributed by atoms with Crippen LogP contribution in [0.1, 0.15) is 31.0 Å². The second kappa shape index (κ2) is 6.03. The Kier molecular flexibility index (Phi) is 4.68. The van der Waals surface area contributed by atoms with Crippen molar-refractivity contribution >= 4 is 5.91 Å². The molecule has 17 heavy (non-hydrogen) atoms. The van der Waals surface area contributed by atoms with E-state index in [9.17, 15) is 14.4 Å². The Hall–Kier alpha value is -1.85. The van der Waals surface area contributed by atoms with Gasteiger partial charge in [0.05, 0.1) is 0 Å². The van der Waals surface area contributed by atoms with Crippen LogP contribution in [-0.2, 0) is 11.2 Å². The van der Waals surface area contributed by atoms with Crippen molar-refractivity contribution in [2.75, 3.05) is 6.54 Å². The van der Waals surface area contributed by atoms with Gasteiger partial charge in [-0.15, -0.1) is 0 Å². The SMILES string of the molecule is CCCNC(=O)CCc1c(C)[nH]c(=O)[nH]c1=O. The Morgan fingerprint density at radius 1 is 1.29 bits per heavy atom. The van der Waals surface area contributed by atoms with Gasteiger partial charge in [-0.1, -0.05) is 6.92 Å². The average molecular weight is 239 g/mol. The van der Waals surface area contributed by atoms with Crippen LogP contribution in [0.4, 0.5) is 0 Å². The highest BCUT2D eigenvalue weighted by Crippen LogP contribution is 1.99. The Morgan fingerprint density at radius 2 is 2.00 bits per heavy atom. The molecule has 0 atom stereocenters. The highest BCUT2D eigenvalue weighted by molar-refractivity contribution is 5.76. The summed E-state index contributed by atoms with van der Waals surface area (Å²) in [6.45, 7) is 4.26. The predicted molar refractivity (Wildman–Crippen MR) is 64.0 cm³/mol. The summed E-state index contributed by atoms with van der Waals surface area (Å²) >= 11 is 0. The lowest BCUT2D eigenvalue weighted by Crippen LogP contribution is -2.29. The van der Waals surface area contributed by atoms with Crippen LogP contribution in [0.25, 0.3) is 0 Å². The van der Waals surface area contributed by atoms with Crippen molar-refractivity contribution in [2.24, 2.45) is 0 Å². The molecule has 0 fully saturated rings. The van der Waals surface area contributed by atoms with Crippen LogP contribution in [0.15, 0.2) is 9.59 Å². The number of aromatic nitrogens is 2. The fourth-order valence-corrected chi connectivity index (χ4v) is 1.52. The predicted octanol–water partition coefficient (Wildman–Crippen LogP) is -0.170. The first kappa shape index (κ1) is 13.2. The molecule has 1 aromatic rings. The summed E-state index contributed by atoms with van der Waals surface area (Å²) in [5, 5.41) is 2.73. The van der Waals surface area contributed by atoms with E-state index in [0.717, 1.165) is 6.42 Å². The zero-order valence-electron chi connectivity index (χ0n) is 10.1. The van der Waals surface area contributed by atoms with Gasteiger partial charge in [-0.25, -0.2) is 4.79 Å². The summed E-state index contributed by atoms with van der Waals surface area (Å²) < 4.78 is 0. The molecule has 0 saturated heterocycles. The molecule has 0 aliphatic carbocycles. The number of hydrogen-bond acceptors (Lipinski definition) is 3. The van der Waals surface area contributed by atoms with Crippen molar-refractivity contribution in [3.63, 3.8) is 0 Å². The Labute approximate surface area is 98.5 Å². The van der Waals surface area contributed by atoms with Gasteiger partial charge in [0, 0.05) is 24.2 Å². The highest BCUT2D eigenvalue weighted by atomic mass is 16.2. The molecule has 0 unspecified atom stereocenters. The molecule has 1 amide bonds. The van der Waals surface area contributed by atoms with Crippen LogP contribution in [0, 0.1) is 6.92 Å². The monoisotopic (exact) mass is 239 g/mol. The first-order chi connectivity index (χ1) is 8.04. The largest absolute Gasteiger partial charge is 0.356 e. The number of aromatic amines is 2. The number of hydrogen-bond donors (Lipinski definition) is 3. The molecule has 6 nitrogen and oxygen atoms in total. The Morgan fingerprint density at radius 3 is 2.59 bits per heavy atom. The molecule has 3 N–H and O–H groups in total. The highest BCUT2D eigenvalue weighted by Gasteiger charge is 2.08. The first-order valence-electron chi connectivity index (χ1n) is 5.63. The van der Waals surface area contributed by atoms with Crippen LogP contribution in [0.2, 0.25) is 0 Å². The van der Waals surface area contributed by atoms with E-state index in [4.69, 9.17) is 0 Å². The summed E-state index contributed by atoms with van der Waals surface area (Å²) in [6, 6.07) is 0. The van der Waals surface area contributed by atoms with Gasteiger partial charge in [-0.05, 0) is 19.8 Å². The minimum absolute atomic E-state index is 0.0862. The van der Waals surface area contributed by atoms with Crippen molar-refractivity contribution < 1.29 is 4.79 Å². The number of carbonyl (C=O) groups is 1. The molecular weight excluding hydrogens is 222 g/mol. The number of aryl methyl sites for hydroxylation is 1. The molecule has 0 saturated carbocycles. The van der Waals surface area contributed by atoms with Crippen LogP contribution >= 0.6 is 0 Å². The molecule has 1 heterocycles. The molecule has 0 aliphatic heterocycles. The van der Waals surface area contributed by atoms with Crippen molar-refractivity contribution in [3.05, 3.63) is 32.1 Å². The molecule has 94 valence electrons. The summed E-state index contributed by atoms with van der Waals surface area (Å²) in [6.07, 6.45) is 1.45. The number of nitrogens with one attached hydrogen (secondary N) is 3. The normalized spacial score (nSPS) is 10.2. The fourth-order valence-electron chi connectivity index (χ4n) is 1.52. The molecule has 0 radical (unpaired) electrons. The van der Waals surface area contributed by atoms with E-state index in [2.05, 4.69) is 15.3 Å². The van der Waals surface area contributed by atoms with Gasteiger partial charge in [0.25, 0.3) is 5.56 Å². The molecule has 6 heteroatoms. The summed E-state index contributed by atoms with van der Waals surface area (Å²) in [7, 11) is 0. The van der Waals surface area contributed by atoms with E-state index in [-0.39, 0.29) is 12.3 Å². The molecule has 0 aliphatic rings. The number of rotatable bonds is 5. The van der Waals surface area contributed by atoms with Crippen molar-refractivity contribution in [1.82, 2.24) is 15.3 Å². The molecule has 0 aromatic carbocycles. The minimum atomic E-state index is -0.522. The maximum Gasteiger partial charge on any atom is 0.325 e. The lowest BCUT2D eigenvalue weighted by molar-refractivity contribution is -0.121. The smallest absolute Gasteiger partial charge is 0.325 e. The standard InChI is InChI=1S/C11H17N3O3/c1-3-6-12-9(15)5-4-8-7(2)13-11(17)14-10(8)16/h3-6H2,1-2H3,(H,12,15)(H2,13,14,16,17). The third-order valence-corrected chi connectivity index (χ3v) is 2.43. The van der Waals surface area contributed by atoms with Gasteiger partial charge in [0.1, 0.15) is 0 Å². The van der Waals surface area contributed by atoms with Gasteiger partial charge in [0.15, 0.2) is 0 Å². The first-order valence-corrected chi connectivity index (χ1v) is 5.63. The number of carbonyl (C=O) groups excluding carboxylic acids is 1. The Bertz CT molecular complexity index is 501. The maximum atomic E-state index is 11.5. The van der Waals surface area contributed by atoms with E-state index in [1.165, 1.54) is 0 Å². The van der Waals surface area contributed by atoms with Gasteiger partial charge in [-0.3, -0.25) is 14.6 Å². The lowest BCUT2D eigenvalue weighted by atomic mass is 10.1. The third-order valence-electron chi connectivity index (χ3n) is 2.43. The second-order valence-corrected chi connectivity index (χ2v) is 3.86. The zero-order chi connectivity index (χ0) is 12.8. The molecule has 0 bridgehead atoms. The van der Waals surface area contributed by atoms with Crippen LogP contribution < -0.4 is 16.6 Å². The minimum Gasteiger partial charge on any atom is -0.356 e. The Balaban J connectivity index is 2.67. The quantitative estimate of drug-likeness (QED) is 0.665. The van der Waals surface area contributed by atoms with Gasteiger partial charge < -0.3 is 10.3 Å². The van der Waals surface area contributed by atoms with E-state index in [1.54, 1.807) is 6.92 Å². The number of amides is 1. The van der Waals surface area contributed by atoms with Gasteiger partial charge >= 0.3 is 5.69 Å². The second-order valence-electron chi connectivity index (χ2n) is 3.86. The van der Waals surface area contributed by atoms with E-state index >= 15 is 0 Å². The van der Waals surface area contributed by atoms with Crippen LogP contribution in [0.5, 0.6) is 0 Å². The summed E-state index contributed by atoms with van der Waals surface area (Å²) in [5.41, 5.74) is 0.0273. The van der Waals surface area contributed by atoms with E-state index in [1.807, 2.05) is 6.92 Å². The number of H-pyrrole nitrogens is 2. The van der Waals surface area contributed by atoms with Crippen LogP contribution in [-0.4, -0.2) is 22.4 Å². The maximum absolute atomic E-state index is 11.5. The molecule has 1 aromatic heterocycles. The van der Waals surface area contributed by atoms with Crippen LogP contribution in [0.3, 0.4) is 0 Å². The third kappa shape index (κ3) is 3.90. The van der Waals surface area contributed by atoms with Gasteiger partial charge in [0.2, 0.25) is 5.91 Å². The lowest BCUT2D eigenvalue weighted by Gasteiger charge is -2.04. The fraction of sp³-hybridized carbons (Fsp3) is 0.545. The van der Waals surface area contributed by atoms with E-state index in [0.29, 0.717) is 24.2 Å². The molecule has 0 spiro atoms. The topological polar surface area (TPSA) is 94.8 Å². The summed E-state index contributed by atoms with van der Waals surface area (Å²) in [5.74, 6) is -0.0862. The summed E-state index contributed by atoms with van der Waals surface area (Å²) in [4.78, 5) is 38.5. The van der Waals surface area contributed by atoms with Gasteiger partial charge in [-0.2, -0.15) is 0 Å². The van der Waals surface area contributed by atoms with Crippen molar-refractivity contribution in [1.29, 1.82) is 0 Å². The molecule has 1 rings (SSSR count). The van der Waals surface area contributed by atoms with Crippen molar-refractivity contribution in [2.45, 2.75) is 33.1 Å². The average Bonchev–Trinajstić information content (AvgIpc) is 2.24. The van der Waals surface area contributed by atoms with E-state index < -0.39 is 11.2 Å². The zero-order valence-corrected chi connectivity index (χ0v) is 10.1. The van der Waals surface area contributed by atoms with Crippen molar-refractivity contribution in [3.8, 4) is 0 Å².